The molecule has 0 fully saturated rings. The lowest BCUT2D eigenvalue weighted by Gasteiger charge is -1.95. The number of nitrogens with zero attached hydrogens (tertiary/aromatic N) is 1. The topological polar surface area (TPSA) is 72.3 Å². The minimum atomic E-state index is -0.119. The number of nitrogen functional groups attached to an aromatic ring is 1. The maximum Gasteiger partial charge on any atom is 0.167 e. The number of aliphatic hydroxyl groups excluding tert-OH is 1. The van der Waals surface area contributed by atoms with Gasteiger partial charge in [0.25, 0.3) is 0 Å². The summed E-state index contributed by atoms with van der Waals surface area (Å²) in [5.74, 6) is 0.612. The van der Waals surface area contributed by atoms with Crippen LogP contribution in [0.4, 0.5) is 5.69 Å². The quantitative estimate of drug-likeness (QED) is 0.702. The summed E-state index contributed by atoms with van der Waals surface area (Å²) in [5.41, 5.74) is 7.67. The van der Waals surface area contributed by atoms with Crippen LogP contribution < -0.4 is 5.73 Å². The zero-order valence-corrected chi connectivity index (χ0v) is 7.47. The van der Waals surface area contributed by atoms with Crippen molar-refractivity contribution < 1.29 is 9.63 Å². The molecule has 0 atom stereocenters. The van der Waals surface area contributed by atoms with Crippen LogP contribution in [0.3, 0.4) is 0 Å². The molecule has 0 amide bonds. The number of hydrogen-bond donors (Lipinski definition) is 2. The van der Waals surface area contributed by atoms with Gasteiger partial charge in [0.15, 0.2) is 5.76 Å². The van der Waals surface area contributed by atoms with Gasteiger partial charge in [-0.1, -0.05) is 17.3 Å². The first-order valence-corrected chi connectivity index (χ1v) is 4.22. The molecule has 0 bridgehead atoms. The lowest BCUT2D eigenvalue weighted by molar-refractivity contribution is 0.267. The number of benzene rings is 1. The monoisotopic (exact) mass is 190 g/mol. The van der Waals surface area contributed by atoms with Crippen molar-refractivity contribution in [2.75, 3.05) is 5.73 Å². The second-order valence-corrected chi connectivity index (χ2v) is 2.97. The van der Waals surface area contributed by atoms with Crippen LogP contribution in [0.5, 0.6) is 0 Å². The van der Waals surface area contributed by atoms with E-state index in [2.05, 4.69) is 5.16 Å². The Morgan fingerprint density at radius 1 is 1.36 bits per heavy atom. The summed E-state index contributed by atoms with van der Waals surface area (Å²) in [6.45, 7) is -0.119. The van der Waals surface area contributed by atoms with E-state index in [-0.39, 0.29) is 6.61 Å². The normalized spacial score (nSPS) is 10.4. The van der Waals surface area contributed by atoms with Crippen molar-refractivity contribution >= 4 is 5.69 Å². The highest BCUT2D eigenvalue weighted by Gasteiger charge is 2.05. The maximum absolute atomic E-state index is 8.81. The molecule has 0 aliphatic carbocycles. The Labute approximate surface area is 81.0 Å². The average Bonchev–Trinajstić information content (AvgIpc) is 2.66. The molecule has 4 heteroatoms. The fourth-order valence-corrected chi connectivity index (χ4v) is 1.21. The van der Waals surface area contributed by atoms with Crippen molar-refractivity contribution in [3.05, 3.63) is 36.0 Å². The molecule has 72 valence electrons. The van der Waals surface area contributed by atoms with E-state index in [1.807, 2.05) is 12.1 Å². The predicted molar refractivity (Wildman–Crippen MR) is 52.3 cm³/mol. The van der Waals surface area contributed by atoms with Crippen molar-refractivity contribution in [3.63, 3.8) is 0 Å². The lowest BCUT2D eigenvalue weighted by Crippen LogP contribution is -1.83. The maximum atomic E-state index is 8.81. The molecule has 0 unspecified atom stereocenters. The third-order valence-corrected chi connectivity index (χ3v) is 1.89. The Kier molecular flexibility index (Phi) is 2.20. The Hall–Kier alpha value is -1.81. The van der Waals surface area contributed by atoms with Gasteiger partial charge in [0.1, 0.15) is 5.69 Å². The third kappa shape index (κ3) is 1.60. The predicted octanol–water partition coefficient (Wildman–Crippen LogP) is 1.42. The molecule has 2 aromatic rings. The van der Waals surface area contributed by atoms with E-state index < -0.39 is 0 Å². The summed E-state index contributed by atoms with van der Waals surface area (Å²) in [4.78, 5) is 0. The second-order valence-electron chi connectivity index (χ2n) is 2.97. The molecular formula is C10H10N2O2. The van der Waals surface area contributed by atoms with Gasteiger partial charge in [-0.2, -0.15) is 0 Å². The van der Waals surface area contributed by atoms with Crippen LogP contribution in [0.1, 0.15) is 5.69 Å². The number of nitrogens with two attached hydrogens (primary N) is 1. The standard InChI is InChI=1S/C10H10N2O2/c11-8-3-1-2-7(4-8)10-5-9(6-13)12-14-10/h1-5,13H,6,11H2. The van der Waals surface area contributed by atoms with Gasteiger partial charge < -0.3 is 15.4 Å². The first-order chi connectivity index (χ1) is 6.79. The zero-order valence-electron chi connectivity index (χ0n) is 7.47. The van der Waals surface area contributed by atoms with Crippen molar-refractivity contribution in [2.24, 2.45) is 0 Å². The SMILES string of the molecule is Nc1cccc(-c2cc(CO)no2)c1. The molecule has 3 N–H and O–H groups in total. The number of anilines is 1. The molecule has 0 saturated carbocycles. The number of aliphatic hydroxyl groups is 1. The minimum Gasteiger partial charge on any atom is -0.399 e. The van der Waals surface area contributed by atoms with Crippen LogP contribution in [-0.2, 0) is 6.61 Å². The molecule has 0 aliphatic rings. The van der Waals surface area contributed by atoms with Gasteiger partial charge in [-0.3, -0.25) is 0 Å². The van der Waals surface area contributed by atoms with E-state index in [1.165, 1.54) is 0 Å². The van der Waals surface area contributed by atoms with Crippen LogP contribution in [0.2, 0.25) is 0 Å². The summed E-state index contributed by atoms with van der Waals surface area (Å²) in [6, 6.07) is 8.99. The van der Waals surface area contributed by atoms with Crippen LogP contribution in [-0.4, -0.2) is 10.3 Å². The summed E-state index contributed by atoms with van der Waals surface area (Å²) in [7, 11) is 0. The van der Waals surface area contributed by atoms with Crippen molar-refractivity contribution in [2.45, 2.75) is 6.61 Å². The highest BCUT2D eigenvalue weighted by Crippen LogP contribution is 2.21. The molecule has 4 nitrogen and oxygen atoms in total. The first kappa shape index (κ1) is 8.77. The van der Waals surface area contributed by atoms with Gasteiger partial charge in [-0.25, -0.2) is 0 Å². The Balaban J connectivity index is 2.39. The highest BCUT2D eigenvalue weighted by molar-refractivity contribution is 5.62. The van der Waals surface area contributed by atoms with Crippen LogP contribution in [0, 0.1) is 0 Å². The van der Waals surface area contributed by atoms with Crippen molar-refractivity contribution in [1.29, 1.82) is 0 Å². The number of rotatable bonds is 2. The van der Waals surface area contributed by atoms with Gasteiger partial charge in [0.2, 0.25) is 0 Å². The van der Waals surface area contributed by atoms with E-state index in [1.54, 1.807) is 18.2 Å². The largest absolute Gasteiger partial charge is 0.399 e. The molecule has 2 rings (SSSR count). The van der Waals surface area contributed by atoms with Crippen molar-refractivity contribution in [1.82, 2.24) is 5.16 Å². The minimum absolute atomic E-state index is 0.119. The van der Waals surface area contributed by atoms with Gasteiger partial charge in [-0.15, -0.1) is 0 Å². The van der Waals surface area contributed by atoms with Gasteiger partial charge in [-0.05, 0) is 12.1 Å². The van der Waals surface area contributed by atoms with Crippen LogP contribution in [0.25, 0.3) is 11.3 Å². The fourth-order valence-electron chi connectivity index (χ4n) is 1.21. The molecule has 0 aliphatic heterocycles. The molecule has 1 aromatic heterocycles. The third-order valence-electron chi connectivity index (χ3n) is 1.89. The Morgan fingerprint density at radius 3 is 2.86 bits per heavy atom. The van der Waals surface area contributed by atoms with Gasteiger partial charge in [0.05, 0.1) is 6.61 Å². The summed E-state index contributed by atoms with van der Waals surface area (Å²) < 4.78 is 5.03. The average molecular weight is 190 g/mol. The van der Waals surface area contributed by atoms with Crippen LogP contribution >= 0.6 is 0 Å². The highest BCUT2D eigenvalue weighted by atomic mass is 16.5. The molecule has 1 heterocycles. The fraction of sp³-hybridized carbons (Fsp3) is 0.100. The van der Waals surface area contributed by atoms with Gasteiger partial charge >= 0.3 is 0 Å². The summed E-state index contributed by atoms with van der Waals surface area (Å²) >= 11 is 0. The van der Waals surface area contributed by atoms with E-state index in [0.29, 0.717) is 17.1 Å². The number of aromatic nitrogens is 1. The van der Waals surface area contributed by atoms with E-state index in [0.717, 1.165) is 5.56 Å². The smallest absolute Gasteiger partial charge is 0.167 e. The van der Waals surface area contributed by atoms with E-state index in [4.69, 9.17) is 15.4 Å². The zero-order chi connectivity index (χ0) is 9.97. The molecule has 0 spiro atoms. The first-order valence-electron chi connectivity index (χ1n) is 4.22. The number of hydrogen-bond acceptors (Lipinski definition) is 4. The Morgan fingerprint density at radius 2 is 2.21 bits per heavy atom. The lowest BCUT2D eigenvalue weighted by atomic mass is 10.1. The van der Waals surface area contributed by atoms with E-state index >= 15 is 0 Å². The summed E-state index contributed by atoms with van der Waals surface area (Å²) in [6.07, 6.45) is 0. The molecule has 1 aromatic carbocycles. The summed E-state index contributed by atoms with van der Waals surface area (Å²) in [5, 5.41) is 12.5. The van der Waals surface area contributed by atoms with Gasteiger partial charge in [0, 0.05) is 17.3 Å². The molecule has 0 saturated heterocycles. The Bertz CT molecular complexity index is 437. The van der Waals surface area contributed by atoms with Crippen LogP contribution in [0.15, 0.2) is 34.9 Å². The molecular weight excluding hydrogens is 180 g/mol. The van der Waals surface area contributed by atoms with E-state index in [9.17, 15) is 0 Å². The molecule has 0 radical (unpaired) electrons. The second kappa shape index (κ2) is 3.51. The molecule has 14 heavy (non-hydrogen) atoms. The van der Waals surface area contributed by atoms with Crippen molar-refractivity contribution in [3.8, 4) is 11.3 Å².